The molecule has 0 aromatic heterocycles. The number of hydrogen-bond donors (Lipinski definition) is 2. The minimum absolute atomic E-state index is 0.0117. The SMILES string of the molecule is COc1cccc(S(=O)(=O)N2C[C@H](CCC(=O)O)Oc3ccc(NC(=O)OC(C)(C)C(F)(F)F)cc32)c1. The van der Waals surface area contributed by atoms with E-state index < -0.39 is 40.0 Å². The number of ether oxygens (including phenoxy) is 3. The topological polar surface area (TPSA) is 131 Å². The van der Waals surface area contributed by atoms with E-state index in [1.807, 2.05) is 0 Å². The second-order valence-corrected chi connectivity index (χ2v) is 10.5. The Labute approximate surface area is 211 Å². The molecule has 1 atom stereocenters. The molecule has 1 heterocycles. The van der Waals surface area contributed by atoms with Crippen molar-refractivity contribution in [2.24, 2.45) is 0 Å². The molecule has 0 saturated carbocycles. The van der Waals surface area contributed by atoms with Gasteiger partial charge in [0.1, 0.15) is 17.6 Å². The summed E-state index contributed by atoms with van der Waals surface area (Å²) in [6, 6.07) is 9.50. The highest BCUT2D eigenvalue weighted by Gasteiger charge is 2.51. The molecule has 1 aliphatic heterocycles. The zero-order valence-electron chi connectivity index (χ0n) is 20.0. The number of benzene rings is 2. The number of halogens is 3. The van der Waals surface area contributed by atoms with E-state index in [1.54, 1.807) is 6.07 Å². The van der Waals surface area contributed by atoms with E-state index in [0.717, 1.165) is 4.31 Å². The van der Waals surface area contributed by atoms with Crippen LogP contribution in [0.4, 0.5) is 29.3 Å². The van der Waals surface area contributed by atoms with E-state index in [1.165, 1.54) is 43.5 Å². The molecule has 0 unspecified atom stereocenters. The van der Waals surface area contributed by atoms with E-state index in [2.05, 4.69) is 10.1 Å². The molecule has 202 valence electrons. The number of anilines is 2. The third-order valence-electron chi connectivity index (χ3n) is 5.48. The predicted octanol–water partition coefficient (Wildman–Crippen LogP) is 4.41. The molecular weight excluding hydrogens is 521 g/mol. The molecule has 0 radical (unpaired) electrons. The molecule has 0 fully saturated rings. The van der Waals surface area contributed by atoms with Crippen LogP contribution in [-0.2, 0) is 19.6 Å². The van der Waals surface area contributed by atoms with Gasteiger partial charge in [0.2, 0.25) is 5.60 Å². The Morgan fingerprint density at radius 1 is 1.19 bits per heavy atom. The van der Waals surface area contributed by atoms with Crippen molar-refractivity contribution < 1.29 is 50.5 Å². The zero-order valence-corrected chi connectivity index (χ0v) is 20.9. The summed E-state index contributed by atoms with van der Waals surface area (Å²) in [6.45, 7) is 1.12. The molecule has 0 spiro atoms. The lowest BCUT2D eigenvalue weighted by atomic mass is 10.1. The second-order valence-electron chi connectivity index (χ2n) is 8.59. The highest BCUT2D eigenvalue weighted by atomic mass is 32.2. The average molecular weight is 547 g/mol. The van der Waals surface area contributed by atoms with Crippen molar-refractivity contribution in [2.75, 3.05) is 23.3 Å². The molecule has 37 heavy (non-hydrogen) atoms. The van der Waals surface area contributed by atoms with Crippen molar-refractivity contribution in [2.45, 2.75) is 49.5 Å². The van der Waals surface area contributed by atoms with Crippen LogP contribution in [-0.4, -0.2) is 57.1 Å². The largest absolute Gasteiger partial charge is 0.497 e. The molecule has 2 aromatic carbocycles. The molecule has 2 aromatic rings. The summed E-state index contributed by atoms with van der Waals surface area (Å²) in [6.07, 6.45) is -7.29. The quantitative estimate of drug-likeness (QED) is 0.498. The van der Waals surface area contributed by atoms with Crippen LogP contribution in [0.15, 0.2) is 47.4 Å². The summed E-state index contributed by atoms with van der Waals surface area (Å²) in [5.74, 6) is -0.735. The minimum atomic E-state index is -4.82. The fourth-order valence-electron chi connectivity index (χ4n) is 3.37. The normalized spacial score (nSPS) is 15.8. The Bertz CT molecular complexity index is 1280. The van der Waals surface area contributed by atoms with Gasteiger partial charge in [-0.25, -0.2) is 13.2 Å². The number of methoxy groups -OCH3 is 1. The number of sulfonamides is 1. The van der Waals surface area contributed by atoms with Crippen molar-refractivity contribution in [3.63, 3.8) is 0 Å². The number of carboxylic acid groups (broad SMARTS) is 1. The van der Waals surface area contributed by atoms with E-state index in [-0.39, 0.29) is 47.2 Å². The van der Waals surface area contributed by atoms with Gasteiger partial charge in [0.25, 0.3) is 10.0 Å². The Morgan fingerprint density at radius 2 is 1.89 bits per heavy atom. The van der Waals surface area contributed by atoms with Gasteiger partial charge in [0, 0.05) is 18.2 Å². The number of rotatable bonds is 8. The maximum Gasteiger partial charge on any atom is 0.427 e. The van der Waals surface area contributed by atoms with Crippen LogP contribution in [0.1, 0.15) is 26.7 Å². The maximum absolute atomic E-state index is 13.6. The number of fused-ring (bicyclic) bond motifs is 1. The number of carbonyl (C=O) groups is 2. The van der Waals surface area contributed by atoms with Crippen molar-refractivity contribution in [1.82, 2.24) is 0 Å². The van der Waals surface area contributed by atoms with Crippen molar-refractivity contribution >= 4 is 33.5 Å². The summed E-state index contributed by atoms with van der Waals surface area (Å²) in [7, 11) is -2.87. The average Bonchev–Trinajstić information content (AvgIpc) is 2.81. The lowest BCUT2D eigenvalue weighted by Gasteiger charge is -2.35. The van der Waals surface area contributed by atoms with Gasteiger partial charge < -0.3 is 19.3 Å². The highest BCUT2D eigenvalue weighted by molar-refractivity contribution is 7.92. The Kier molecular flexibility index (Phi) is 7.81. The van der Waals surface area contributed by atoms with Crippen LogP contribution in [0.5, 0.6) is 11.5 Å². The van der Waals surface area contributed by atoms with Crippen LogP contribution in [0.25, 0.3) is 0 Å². The number of aliphatic carboxylic acids is 1. The van der Waals surface area contributed by atoms with E-state index in [4.69, 9.17) is 14.6 Å². The third kappa shape index (κ3) is 6.37. The van der Waals surface area contributed by atoms with Crippen LogP contribution in [0.3, 0.4) is 0 Å². The van der Waals surface area contributed by atoms with E-state index >= 15 is 0 Å². The summed E-state index contributed by atoms with van der Waals surface area (Å²) in [5, 5.41) is 11.2. The molecule has 2 N–H and O–H groups in total. The van der Waals surface area contributed by atoms with Gasteiger partial charge in [-0.3, -0.25) is 14.4 Å². The van der Waals surface area contributed by atoms with E-state index in [0.29, 0.717) is 13.8 Å². The molecule has 0 saturated heterocycles. The summed E-state index contributed by atoms with van der Waals surface area (Å²) in [4.78, 5) is 23.1. The van der Waals surface area contributed by atoms with Crippen LogP contribution in [0, 0.1) is 0 Å². The standard InChI is InChI=1S/C23H25F3N2O8S/c1-22(2,23(24,25)26)36-21(31)27-14-7-9-19-18(11-14)28(13-16(35-19)8-10-20(29)30)37(32,33)17-6-4-5-15(12-17)34-3/h4-7,9,11-12,16H,8,10,13H2,1-3H3,(H,27,31)(H,29,30)/t16-/m0/s1. The first-order valence-electron chi connectivity index (χ1n) is 10.9. The smallest absolute Gasteiger partial charge is 0.427 e. The van der Waals surface area contributed by atoms with Crippen LogP contribution >= 0.6 is 0 Å². The summed E-state index contributed by atoms with van der Waals surface area (Å²) in [5.41, 5.74) is -2.84. The lowest BCUT2D eigenvalue weighted by molar-refractivity contribution is -0.242. The minimum Gasteiger partial charge on any atom is -0.497 e. The molecule has 0 bridgehead atoms. The number of hydrogen-bond acceptors (Lipinski definition) is 7. The van der Waals surface area contributed by atoms with Gasteiger partial charge in [-0.2, -0.15) is 13.2 Å². The molecular formula is C23H25F3N2O8S. The Balaban J connectivity index is 1.97. The van der Waals surface area contributed by atoms with Crippen molar-refractivity contribution in [3.05, 3.63) is 42.5 Å². The Hall–Kier alpha value is -3.68. The summed E-state index contributed by atoms with van der Waals surface area (Å²) >= 11 is 0. The fourth-order valence-corrected chi connectivity index (χ4v) is 4.91. The van der Waals surface area contributed by atoms with Gasteiger partial charge in [-0.05, 0) is 50.6 Å². The first-order chi connectivity index (χ1) is 17.1. The van der Waals surface area contributed by atoms with Crippen LogP contribution < -0.4 is 19.1 Å². The van der Waals surface area contributed by atoms with Gasteiger partial charge in [0.15, 0.2) is 0 Å². The van der Waals surface area contributed by atoms with Crippen molar-refractivity contribution in [1.29, 1.82) is 0 Å². The monoisotopic (exact) mass is 546 g/mol. The third-order valence-corrected chi connectivity index (χ3v) is 7.25. The highest BCUT2D eigenvalue weighted by Crippen LogP contribution is 2.40. The first kappa shape index (κ1) is 27.9. The number of amides is 1. The predicted molar refractivity (Wildman–Crippen MR) is 125 cm³/mol. The molecule has 14 heteroatoms. The number of carboxylic acids is 1. The van der Waals surface area contributed by atoms with Gasteiger partial charge in [-0.15, -0.1) is 0 Å². The number of nitrogens with one attached hydrogen (secondary N) is 1. The molecule has 3 rings (SSSR count). The molecule has 1 amide bonds. The first-order valence-corrected chi connectivity index (χ1v) is 12.3. The fraction of sp³-hybridized carbons (Fsp3) is 0.391. The number of nitrogens with zero attached hydrogens (tertiary/aromatic N) is 1. The zero-order chi connectivity index (χ0) is 27.6. The van der Waals surface area contributed by atoms with Crippen molar-refractivity contribution in [3.8, 4) is 11.5 Å². The maximum atomic E-state index is 13.6. The summed E-state index contributed by atoms with van der Waals surface area (Å²) < 4.78 is 82.8. The molecule has 10 nitrogen and oxygen atoms in total. The Morgan fingerprint density at radius 3 is 2.51 bits per heavy atom. The molecule has 1 aliphatic rings. The van der Waals surface area contributed by atoms with E-state index in [9.17, 15) is 31.2 Å². The van der Waals surface area contributed by atoms with Crippen LogP contribution in [0.2, 0.25) is 0 Å². The second kappa shape index (κ2) is 10.4. The van der Waals surface area contributed by atoms with Gasteiger partial charge in [0.05, 0.1) is 24.2 Å². The lowest BCUT2D eigenvalue weighted by Crippen LogP contribution is -2.44. The number of carbonyl (C=O) groups excluding carboxylic acids is 1. The van der Waals surface area contributed by atoms with Gasteiger partial charge in [-0.1, -0.05) is 6.07 Å². The van der Waals surface area contributed by atoms with Gasteiger partial charge >= 0.3 is 18.2 Å². The number of alkyl halides is 3. The molecule has 0 aliphatic carbocycles.